The molecule has 0 aromatic heterocycles. The lowest BCUT2D eigenvalue weighted by Crippen LogP contribution is -2.41. The van der Waals surface area contributed by atoms with E-state index >= 15 is 0 Å². The monoisotopic (exact) mass is 1210 g/mol. The van der Waals surface area contributed by atoms with Gasteiger partial charge in [0.05, 0.1) is 11.4 Å². The number of hydrogen-bond acceptors (Lipinski definition) is 7. The number of benzene rings is 15. The third-order valence-corrected chi connectivity index (χ3v) is 18.9. The van der Waals surface area contributed by atoms with Gasteiger partial charge in [-0.25, -0.2) is 9.80 Å². The summed E-state index contributed by atoms with van der Waals surface area (Å²) in [5.74, 6) is 14.4. The quantitative estimate of drug-likeness (QED) is 0.0514. The van der Waals surface area contributed by atoms with E-state index in [2.05, 4.69) is 60.1 Å². The molecule has 444 valence electrons. The molecular formula is C85H52N2O7. The van der Waals surface area contributed by atoms with E-state index in [1.54, 1.807) is 12.1 Å². The minimum atomic E-state index is -0.400. The van der Waals surface area contributed by atoms with Crippen molar-refractivity contribution in [1.82, 2.24) is 0 Å². The molecule has 0 aliphatic carbocycles. The van der Waals surface area contributed by atoms with Crippen LogP contribution in [0, 0.1) is 65.2 Å². The molecule has 0 N–H and O–H groups in total. The second-order valence-corrected chi connectivity index (χ2v) is 24.9. The number of fused-ring (bicyclic) bond motifs is 4. The van der Waals surface area contributed by atoms with Gasteiger partial charge in [-0.05, 0) is 233 Å². The molecule has 0 saturated carbocycles. The number of rotatable bonds is 7. The van der Waals surface area contributed by atoms with E-state index in [0.717, 1.165) is 116 Å². The molecule has 0 radical (unpaired) electrons. The first-order chi connectivity index (χ1) is 45.7. The van der Waals surface area contributed by atoms with Crippen LogP contribution >= 0.6 is 0 Å². The summed E-state index contributed by atoms with van der Waals surface area (Å²) in [6, 6.07) is 64.6. The van der Waals surface area contributed by atoms with E-state index < -0.39 is 23.6 Å². The largest absolute Gasteiger partial charge is 0.457 e. The highest BCUT2D eigenvalue weighted by molar-refractivity contribution is 6.44. The van der Waals surface area contributed by atoms with E-state index in [-0.39, 0.29) is 0 Å². The number of anilines is 2. The summed E-state index contributed by atoms with van der Waals surface area (Å²) >= 11 is 0. The second kappa shape index (κ2) is 20.8. The molecule has 94 heavy (non-hydrogen) atoms. The third kappa shape index (κ3) is 8.42. The third-order valence-electron chi connectivity index (χ3n) is 18.9. The highest BCUT2D eigenvalue weighted by Gasteiger charge is 2.39. The Hall–Kier alpha value is -12.4. The summed E-state index contributed by atoms with van der Waals surface area (Å²) in [5.41, 5.74) is 10.7. The van der Waals surface area contributed by atoms with Gasteiger partial charge in [0.15, 0.2) is 0 Å². The van der Waals surface area contributed by atoms with Crippen molar-refractivity contribution >= 4 is 127 Å². The number of imide groups is 2. The molecule has 0 spiro atoms. The molecule has 15 aromatic rings. The molecule has 0 fully saturated rings. The van der Waals surface area contributed by atoms with E-state index in [4.69, 9.17) is 9.47 Å². The van der Waals surface area contributed by atoms with Crippen LogP contribution in [0.5, 0.6) is 23.0 Å². The topological polar surface area (TPSA) is 110 Å². The Morgan fingerprint density at radius 2 is 0.606 bits per heavy atom. The highest BCUT2D eigenvalue weighted by Crippen LogP contribution is 2.50. The summed E-state index contributed by atoms with van der Waals surface area (Å²) < 4.78 is 12.9. The minimum absolute atomic E-state index is 0.393. The van der Waals surface area contributed by atoms with Crippen LogP contribution in [0.2, 0.25) is 0 Å². The zero-order chi connectivity index (χ0) is 64.1. The van der Waals surface area contributed by atoms with Crippen molar-refractivity contribution in [1.29, 1.82) is 0 Å². The van der Waals surface area contributed by atoms with Gasteiger partial charge in [0.25, 0.3) is 23.6 Å². The lowest BCUT2D eigenvalue weighted by molar-refractivity contribution is 0.0877. The smallest absolute Gasteiger partial charge is 0.266 e. The van der Waals surface area contributed by atoms with Gasteiger partial charge in [-0.2, -0.15) is 0 Å². The Morgan fingerprint density at radius 3 is 0.947 bits per heavy atom. The second-order valence-electron chi connectivity index (χ2n) is 24.9. The molecule has 0 unspecified atom stereocenters. The summed E-state index contributed by atoms with van der Waals surface area (Å²) in [4.78, 5) is 74.5. The van der Waals surface area contributed by atoms with Crippen molar-refractivity contribution in [3.05, 3.63) is 284 Å². The normalized spacial score (nSPS) is 12.9. The zero-order valence-electron chi connectivity index (χ0n) is 51.9. The van der Waals surface area contributed by atoms with Gasteiger partial charge in [0.2, 0.25) is 0 Å². The Balaban J connectivity index is 0.642. The standard InChI is InChI=1S/C85H52N2O7/c1-45-13-21-56(22-14-45)93-72-35-33-60-64-27-31-70-78-68(29-25-62(76(64)78)58-9-7-11-66(72)74(58)60)82(89)86(84(70)91)80-47(3)37-51(38-48(80)4)17-19-53-41-54(43-55(42-53)44-88)20-18-52-39-49(5)81(50(6)40-52)87-83(90)69-30-26-63-59-10-8-12-67-73(94-57-23-15-46(2)16-24-57)36-34-61(75(59)67)65-28-32-71(85(87)92)79(69)77(63)65/h7-16,21-44H,1-6H3. The van der Waals surface area contributed by atoms with Crippen molar-refractivity contribution in [3.8, 4) is 46.7 Å². The molecule has 2 aliphatic heterocycles. The van der Waals surface area contributed by atoms with Crippen molar-refractivity contribution in [2.24, 2.45) is 0 Å². The lowest BCUT2D eigenvalue weighted by Gasteiger charge is -2.30. The molecule has 0 bridgehead atoms. The van der Waals surface area contributed by atoms with Crippen LogP contribution < -0.4 is 19.3 Å². The van der Waals surface area contributed by atoms with Crippen molar-refractivity contribution < 1.29 is 33.4 Å². The Labute approximate surface area is 539 Å². The summed E-state index contributed by atoms with van der Waals surface area (Å²) in [7, 11) is 0. The molecule has 9 nitrogen and oxygen atoms in total. The highest BCUT2D eigenvalue weighted by atomic mass is 16.5. The molecule has 4 amide bonds. The predicted octanol–water partition coefficient (Wildman–Crippen LogP) is 19.4. The van der Waals surface area contributed by atoms with Gasteiger partial charge in [-0.15, -0.1) is 0 Å². The fraction of sp³-hybridized carbons (Fsp3) is 0.0706. The predicted molar refractivity (Wildman–Crippen MR) is 376 cm³/mol. The Kier molecular flexibility index (Phi) is 12.3. The van der Waals surface area contributed by atoms with Gasteiger partial charge in [-0.3, -0.25) is 24.0 Å². The average molecular weight is 1210 g/mol. The van der Waals surface area contributed by atoms with Gasteiger partial charge < -0.3 is 9.47 Å². The van der Waals surface area contributed by atoms with Crippen molar-refractivity contribution in [2.45, 2.75) is 41.5 Å². The number of aryl methyl sites for hydroxylation is 6. The Morgan fingerprint density at radius 1 is 0.309 bits per heavy atom. The zero-order valence-corrected chi connectivity index (χ0v) is 51.9. The van der Waals surface area contributed by atoms with Crippen LogP contribution in [0.25, 0.3) is 86.2 Å². The fourth-order valence-electron chi connectivity index (χ4n) is 14.9. The van der Waals surface area contributed by atoms with Gasteiger partial charge in [-0.1, -0.05) is 120 Å². The van der Waals surface area contributed by atoms with Crippen LogP contribution in [0.4, 0.5) is 11.4 Å². The molecule has 9 heteroatoms. The number of ether oxygens (including phenoxy) is 2. The fourth-order valence-corrected chi connectivity index (χ4v) is 14.9. The first-order valence-corrected chi connectivity index (χ1v) is 31.1. The van der Waals surface area contributed by atoms with Gasteiger partial charge in [0, 0.05) is 82.4 Å². The van der Waals surface area contributed by atoms with E-state index in [9.17, 15) is 24.0 Å². The Bertz CT molecular complexity index is 5560. The van der Waals surface area contributed by atoms with Crippen LogP contribution in [0.1, 0.15) is 107 Å². The molecule has 0 atom stereocenters. The molecule has 2 heterocycles. The molecular weight excluding hydrogens is 1160 g/mol. The van der Waals surface area contributed by atoms with Gasteiger partial charge >= 0.3 is 0 Å². The SMILES string of the molecule is Cc1ccc(Oc2ccc3c4ccc5c6c(ccc(c7cccc2c73)c64)C(=O)N(c2c(C)cc(C#Cc3cc(C#Cc4cc(C)c(N6C(=O)c7ccc8c9cccc%10c(Oc%11ccc(C)cc%11)ccc(c%11ccc(c7c8%11)C6=O)c%109)c(C)c4)cc(C=O)c3)cc2C)C5=O)cc1. The van der Waals surface area contributed by atoms with Crippen LogP contribution in [-0.2, 0) is 0 Å². The average Bonchev–Trinajstić information content (AvgIpc) is 0.704. The molecule has 15 aromatic carbocycles. The maximum Gasteiger partial charge on any atom is 0.266 e. The van der Waals surface area contributed by atoms with Crippen LogP contribution in [0.3, 0.4) is 0 Å². The maximum atomic E-state index is 14.9. The number of aldehydes is 1. The molecule has 17 rings (SSSR count). The maximum absolute atomic E-state index is 14.9. The summed E-state index contributed by atoms with van der Waals surface area (Å²) in [6.45, 7) is 11.6. The van der Waals surface area contributed by atoms with Gasteiger partial charge in [0.1, 0.15) is 29.3 Å². The lowest BCUT2D eigenvalue weighted by atomic mass is 9.84. The molecule has 0 saturated heterocycles. The minimum Gasteiger partial charge on any atom is -0.457 e. The number of hydrogen-bond donors (Lipinski definition) is 0. The first kappa shape index (κ1) is 55.6. The summed E-state index contributed by atoms with van der Waals surface area (Å²) in [6.07, 6.45) is 0.760. The number of nitrogens with zero attached hydrogens (tertiary/aromatic N) is 2. The first-order valence-electron chi connectivity index (χ1n) is 31.1. The summed E-state index contributed by atoms with van der Waals surface area (Å²) in [5, 5.41) is 14.9. The van der Waals surface area contributed by atoms with Crippen molar-refractivity contribution in [3.63, 3.8) is 0 Å². The van der Waals surface area contributed by atoms with Crippen LogP contribution in [-0.4, -0.2) is 29.9 Å². The number of carbonyl (C=O) groups excluding carboxylic acids is 5. The van der Waals surface area contributed by atoms with Crippen molar-refractivity contribution in [2.75, 3.05) is 9.80 Å². The number of amides is 4. The molecule has 2 aliphatic rings. The van der Waals surface area contributed by atoms with E-state index in [1.807, 2.05) is 193 Å². The van der Waals surface area contributed by atoms with Crippen LogP contribution in [0.15, 0.2) is 200 Å². The van der Waals surface area contributed by atoms with E-state index in [0.29, 0.717) is 94.5 Å². The van der Waals surface area contributed by atoms with E-state index in [1.165, 1.54) is 9.80 Å². The number of carbonyl (C=O) groups is 5.